The molecule has 0 aliphatic heterocycles. The minimum absolute atomic E-state index is 0.179. The zero-order chi connectivity index (χ0) is 12.9. The lowest BCUT2D eigenvalue weighted by Gasteiger charge is -2.24. The highest BCUT2D eigenvalue weighted by Crippen LogP contribution is 2.30. The van der Waals surface area contributed by atoms with Crippen molar-refractivity contribution in [3.8, 4) is 0 Å². The van der Waals surface area contributed by atoms with Crippen LogP contribution in [0.3, 0.4) is 0 Å². The number of rotatable bonds is 6. The van der Waals surface area contributed by atoms with Crippen LogP contribution in [0.5, 0.6) is 0 Å². The lowest BCUT2D eigenvalue weighted by Crippen LogP contribution is -2.39. The monoisotopic (exact) mass is 243 g/mol. The molecule has 0 bridgehead atoms. The molecule has 1 aliphatic rings. The van der Waals surface area contributed by atoms with Gasteiger partial charge >= 0.3 is 5.97 Å². The van der Waals surface area contributed by atoms with Gasteiger partial charge in [-0.05, 0) is 26.7 Å². The molecule has 17 heavy (non-hydrogen) atoms. The highest BCUT2D eigenvalue weighted by atomic mass is 16.5. The highest BCUT2D eigenvalue weighted by molar-refractivity contribution is 5.71. The largest absolute Gasteiger partial charge is 0.466 e. The van der Waals surface area contributed by atoms with Gasteiger partial charge in [0.15, 0.2) is 0 Å². The third kappa shape index (κ3) is 5.04. The summed E-state index contributed by atoms with van der Waals surface area (Å²) in [4.78, 5) is 11.6. The normalized spacial score (nSPS) is 19.3. The third-order valence-electron chi connectivity index (χ3n) is 3.62. The summed E-state index contributed by atoms with van der Waals surface area (Å²) in [6.45, 7) is 4.35. The summed E-state index contributed by atoms with van der Waals surface area (Å²) < 4.78 is 10.5. The molecule has 0 amide bonds. The van der Waals surface area contributed by atoms with E-state index in [0.29, 0.717) is 19.4 Å². The van der Waals surface area contributed by atoms with Crippen molar-refractivity contribution < 1.29 is 14.3 Å². The molecule has 0 spiro atoms. The average Bonchev–Trinajstić information content (AvgIpc) is 2.64. The van der Waals surface area contributed by atoms with E-state index in [4.69, 9.17) is 15.2 Å². The maximum absolute atomic E-state index is 11.6. The zero-order valence-electron chi connectivity index (χ0n) is 11.3. The second kappa shape index (κ2) is 5.83. The van der Waals surface area contributed by atoms with Gasteiger partial charge in [0.2, 0.25) is 0 Å². The maximum atomic E-state index is 11.6. The summed E-state index contributed by atoms with van der Waals surface area (Å²) in [7, 11) is 1.66. The Morgan fingerprint density at radius 1 is 1.35 bits per heavy atom. The Bertz CT molecular complexity index is 257. The molecular formula is C13H25NO3. The molecule has 0 heterocycles. The van der Waals surface area contributed by atoms with Gasteiger partial charge in [0.05, 0.1) is 18.6 Å². The summed E-state index contributed by atoms with van der Waals surface area (Å²) in [5.41, 5.74) is 5.56. The fourth-order valence-corrected chi connectivity index (χ4v) is 2.11. The molecule has 0 radical (unpaired) electrons. The zero-order valence-corrected chi connectivity index (χ0v) is 11.3. The van der Waals surface area contributed by atoms with E-state index < -0.39 is 0 Å². The molecule has 4 nitrogen and oxygen atoms in total. The fraction of sp³-hybridized carbons (Fsp3) is 0.923. The van der Waals surface area contributed by atoms with Gasteiger partial charge in [-0.3, -0.25) is 4.79 Å². The van der Waals surface area contributed by atoms with Crippen LogP contribution in [0.25, 0.3) is 0 Å². The second-order valence-corrected chi connectivity index (χ2v) is 5.68. The highest BCUT2D eigenvalue weighted by Gasteiger charge is 2.32. The van der Waals surface area contributed by atoms with Crippen molar-refractivity contribution in [2.24, 2.45) is 5.73 Å². The van der Waals surface area contributed by atoms with Crippen LogP contribution in [0, 0.1) is 0 Å². The summed E-state index contributed by atoms with van der Waals surface area (Å²) in [5.74, 6) is -0.179. The lowest BCUT2D eigenvalue weighted by atomic mass is 9.95. The van der Waals surface area contributed by atoms with Crippen LogP contribution in [-0.4, -0.2) is 30.8 Å². The van der Waals surface area contributed by atoms with Gasteiger partial charge in [-0.25, -0.2) is 0 Å². The number of methoxy groups -OCH3 is 1. The van der Waals surface area contributed by atoms with Gasteiger partial charge in [0.1, 0.15) is 0 Å². The SMILES string of the molecule is COC(C)(C)CCOC(=O)CC1(N)CCCC1. The Balaban J connectivity index is 2.21. The Morgan fingerprint density at radius 2 is 1.94 bits per heavy atom. The Labute approximate surface area is 104 Å². The molecule has 0 aromatic rings. The van der Waals surface area contributed by atoms with Crippen molar-refractivity contribution in [3.05, 3.63) is 0 Å². The molecule has 0 saturated heterocycles. The molecule has 0 aromatic carbocycles. The van der Waals surface area contributed by atoms with Crippen molar-refractivity contribution in [2.45, 2.75) is 63.5 Å². The summed E-state index contributed by atoms with van der Waals surface area (Å²) in [6.07, 6.45) is 5.17. The number of hydrogen-bond donors (Lipinski definition) is 1. The van der Waals surface area contributed by atoms with E-state index >= 15 is 0 Å². The lowest BCUT2D eigenvalue weighted by molar-refractivity contribution is -0.146. The van der Waals surface area contributed by atoms with Crippen molar-refractivity contribution in [1.29, 1.82) is 0 Å². The fourth-order valence-electron chi connectivity index (χ4n) is 2.11. The van der Waals surface area contributed by atoms with Crippen molar-refractivity contribution in [3.63, 3.8) is 0 Å². The quantitative estimate of drug-likeness (QED) is 0.725. The number of ether oxygens (including phenoxy) is 2. The topological polar surface area (TPSA) is 61.5 Å². The van der Waals surface area contributed by atoms with Crippen LogP contribution in [0.2, 0.25) is 0 Å². The molecule has 0 aromatic heterocycles. The van der Waals surface area contributed by atoms with E-state index in [-0.39, 0.29) is 17.1 Å². The van der Waals surface area contributed by atoms with Gasteiger partial charge in [-0.15, -0.1) is 0 Å². The van der Waals surface area contributed by atoms with Crippen LogP contribution < -0.4 is 5.73 Å². The molecule has 1 fully saturated rings. The molecule has 100 valence electrons. The van der Waals surface area contributed by atoms with Gasteiger partial charge in [0.25, 0.3) is 0 Å². The second-order valence-electron chi connectivity index (χ2n) is 5.68. The predicted molar refractivity (Wildman–Crippen MR) is 66.7 cm³/mol. The van der Waals surface area contributed by atoms with E-state index in [2.05, 4.69) is 0 Å². The van der Waals surface area contributed by atoms with E-state index in [1.54, 1.807) is 7.11 Å². The Kier molecular flexibility index (Phi) is 4.95. The van der Waals surface area contributed by atoms with Gasteiger partial charge < -0.3 is 15.2 Å². The van der Waals surface area contributed by atoms with E-state index in [1.807, 2.05) is 13.8 Å². The van der Waals surface area contributed by atoms with Gasteiger partial charge in [0, 0.05) is 19.1 Å². The number of nitrogens with two attached hydrogens (primary N) is 1. The Morgan fingerprint density at radius 3 is 2.47 bits per heavy atom. The number of hydrogen-bond acceptors (Lipinski definition) is 4. The van der Waals surface area contributed by atoms with Crippen LogP contribution in [0.4, 0.5) is 0 Å². The average molecular weight is 243 g/mol. The molecule has 0 atom stereocenters. The minimum atomic E-state index is -0.312. The molecule has 1 saturated carbocycles. The first-order valence-electron chi connectivity index (χ1n) is 6.37. The first-order chi connectivity index (χ1) is 7.87. The van der Waals surface area contributed by atoms with Crippen molar-refractivity contribution >= 4 is 5.97 Å². The maximum Gasteiger partial charge on any atom is 0.307 e. The van der Waals surface area contributed by atoms with Crippen LogP contribution in [0.1, 0.15) is 52.4 Å². The van der Waals surface area contributed by atoms with E-state index in [9.17, 15) is 4.79 Å². The number of esters is 1. The molecule has 2 N–H and O–H groups in total. The van der Waals surface area contributed by atoms with Gasteiger partial charge in [-0.2, -0.15) is 0 Å². The molecule has 1 rings (SSSR count). The smallest absolute Gasteiger partial charge is 0.307 e. The first-order valence-corrected chi connectivity index (χ1v) is 6.37. The molecule has 4 heteroatoms. The molecule has 1 aliphatic carbocycles. The number of carbonyl (C=O) groups is 1. The minimum Gasteiger partial charge on any atom is -0.466 e. The van der Waals surface area contributed by atoms with Crippen LogP contribution >= 0.6 is 0 Å². The third-order valence-corrected chi connectivity index (χ3v) is 3.62. The molecule has 0 unspecified atom stereocenters. The standard InChI is InChI=1S/C13H25NO3/c1-12(2,16-3)8-9-17-11(15)10-13(14)6-4-5-7-13/h4-10,14H2,1-3H3. The Hall–Kier alpha value is -0.610. The summed E-state index contributed by atoms with van der Waals surface area (Å²) in [6, 6.07) is 0. The van der Waals surface area contributed by atoms with E-state index in [1.165, 1.54) is 0 Å². The number of carbonyl (C=O) groups excluding carboxylic acids is 1. The van der Waals surface area contributed by atoms with E-state index in [0.717, 1.165) is 25.7 Å². The summed E-state index contributed by atoms with van der Waals surface area (Å²) in [5, 5.41) is 0. The summed E-state index contributed by atoms with van der Waals surface area (Å²) >= 11 is 0. The van der Waals surface area contributed by atoms with Gasteiger partial charge in [-0.1, -0.05) is 12.8 Å². The van der Waals surface area contributed by atoms with Crippen molar-refractivity contribution in [1.82, 2.24) is 0 Å². The van der Waals surface area contributed by atoms with Crippen LogP contribution in [-0.2, 0) is 14.3 Å². The predicted octanol–water partition coefficient (Wildman–Crippen LogP) is 2.01. The van der Waals surface area contributed by atoms with Crippen molar-refractivity contribution in [2.75, 3.05) is 13.7 Å². The van der Waals surface area contributed by atoms with Crippen LogP contribution in [0.15, 0.2) is 0 Å². The molecular weight excluding hydrogens is 218 g/mol. The first kappa shape index (κ1) is 14.5.